The molecule has 31 heavy (non-hydrogen) atoms. The molecule has 0 unspecified atom stereocenters. The highest BCUT2D eigenvalue weighted by Gasteiger charge is 2.28. The van der Waals surface area contributed by atoms with E-state index in [1.54, 1.807) is 4.68 Å². The summed E-state index contributed by atoms with van der Waals surface area (Å²) in [5.41, 5.74) is 4.89. The quantitative estimate of drug-likeness (QED) is 0.493. The van der Waals surface area contributed by atoms with Gasteiger partial charge in [-0.25, -0.2) is 4.98 Å². The van der Waals surface area contributed by atoms with Crippen molar-refractivity contribution in [2.45, 2.75) is 26.7 Å². The van der Waals surface area contributed by atoms with Gasteiger partial charge in [-0.2, -0.15) is 5.10 Å². The Balaban J connectivity index is 1.71. The molecule has 0 saturated carbocycles. The summed E-state index contributed by atoms with van der Waals surface area (Å²) >= 11 is 0. The molecule has 158 valence electrons. The fraction of sp³-hybridized carbons (Fsp3) is 0.333. The lowest BCUT2D eigenvalue weighted by atomic mass is 9.97. The Bertz CT molecular complexity index is 1260. The number of aryl methyl sites for hydroxylation is 2. The average Bonchev–Trinajstić information content (AvgIpc) is 3.35. The summed E-state index contributed by atoms with van der Waals surface area (Å²) in [6, 6.07) is 11.7. The van der Waals surface area contributed by atoms with Crippen LogP contribution in [0.4, 0.5) is 0 Å². The topological polar surface area (TPSA) is 77.0 Å². The molecule has 1 aliphatic heterocycles. The number of hydrogen-bond acceptors (Lipinski definition) is 5. The minimum absolute atomic E-state index is 0.00197. The van der Waals surface area contributed by atoms with E-state index in [0.29, 0.717) is 34.0 Å². The Kier molecular flexibility index (Phi) is 4.81. The van der Waals surface area contributed by atoms with Crippen molar-refractivity contribution in [1.82, 2.24) is 24.8 Å². The highest BCUT2D eigenvalue weighted by Crippen LogP contribution is 2.34. The molecule has 7 heteroatoms. The Labute approximate surface area is 180 Å². The number of amides is 1. The number of fused-ring (bicyclic) bond motifs is 1. The number of pyridine rings is 1. The first-order valence-corrected chi connectivity index (χ1v) is 10.7. The maximum absolute atomic E-state index is 13.7. The van der Waals surface area contributed by atoms with E-state index < -0.39 is 0 Å². The monoisotopic (exact) mass is 415 g/mol. The number of piperidine rings is 1. The molecule has 0 spiro atoms. The van der Waals surface area contributed by atoms with E-state index >= 15 is 0 Å². The van der Waals surface area contributed by atoms with Crippen molar-refractivity contribution in [2.24, 2.45) is 13.0 Å². The van der Waals surface area contributed by atoms with Gasteiger partial charge in [-0.3, -0.25) is 9.48 Å². The summed E-state index contributed by atoms with van der Waals surface area (Å²) in [4.78, 5) is 20.4. The molecule has 4 heterocycles. The predicted octanol–water partition coefficient (Wildman–Crippen LogP) is 4.47. The normalized spacial score (nSPS) is 16.7. The van der Waals surface area contributed by atoms with Crippen LogP contribution in [0.5, 0.6) is 0 Å². The molecule has 0 bridgehead atoms. The van der Waals surface area contributed by atoms with Crippen LogP contribution < -0.4 is 0 Å². The largest absolute Gasteiger partial charge is 0.338 e. The lowest BCUT2D eigenvalue weighted by molar-refractivity contribution is 0.0685. The third-order valence-electron chi connectivity index (χ3n) is 5.96. The van der Waals surface area contributed by atoms with Crippen LogP contribution in [0.2, 0.25) is 0 Å². The van der Waals surface area contributed by atoms with E-state index in [1.165, 1.54) is 0 Å². The minimum Gasteiger partial charge on any atom is -0.338 e. The molecule has 7 nitrogen and oxygen atoms in total. The van der Waals surface area contributed by atoms with Crippen LogP contribution in [0.25, 0.3) is 33.6 Å². The first-order valence-electron chi connectivity index (χ1n) is 10.7. The maximum atomic E-state index is 13.7. The summed E-state index contributed by atoms with van der Waals surface area (Å²) in [6.07, 6.45) is 4.08. The molecular weight excluding hydrogens is 390 g/mol. The fourth-order valence-corrected chi connectivity index (χ4v) is 4.45. The van der Waals surface area contributed by atoms with Crippen molar-refractivity contribution in [2.75, 3.05) is 13.1 Å². The van der Waals surface area contributed by atoms with Crippen molar-refractivity contribution < 1.29 is 9.32 Å². The van der Waals surface area contributed by atoms with Crippen molar-refractivity contribution in [3.05, 3.63) is 53.9 Å². The van der Waals surface area contributed by atoms with Crippen LogP contribution in [0, 0.1) is 12.8 Å². The van der Waals surface area contributed by atoms with E-state index in [0.717, 1.165) is 42.8 Å². The number of likely N-dealkylation sites (tertiary alicyclic amines) is 1. The molecule has 5 rings (SSSR count). The summed E-state index contributed by atoms with van der Waals surface area (Å²) in [7, 11) is 1.87. The van der Waals surface area contributed by atoms with Gasteiger partial charge in [0.2, 0.25) is 0 Å². The average molecular weight is 415 g/mol. The van der Waals surface area contributed by atoms with Crippen molar-refractivity contribution in [1.29, 1.82) is 0 Å². The van der Waals surface area contributed by atoms with Crippen molar-refractivity contribution in [3.63, 3.8) is 0 Å². The third-order valence-corrected chi connectivity index (χ3v) is 5.96. The Hall–Kier alpha value is -3.48. The molecule has 3 aromatic heterocycles. The Morgan fingerprint density at radius 1 is 1.23 bits per heavy atom. The van der Waals surface area contributed by atoms with Gasteiger partial charge < -0.3 is 9.42 Å². The van der Waals surface area contributed by atoms with Gasteiger partial charge in [0.25, 0.3) is 11.6 Å². The number of carbonyl (C=O) groups is 1. The summed E-state index contributed by atoms with van der Waals surface area (Å²) in [6.45, 7) is 5.65. The number of rotatable bonds is 3. The molecule has 1 fully saturated rings. The van der Waals surface area contributed by atoms with E-state index in [4.69, 9.17) is 9.51 Å². The molecule has 0 aliphatic carbocycles. The molecule has 1 aromatic carbocycles. The first kappa shape index (κ1) is 19.5. The second kappa shape index (κ2) is 7.65. The molecule has 4 aromatic rings. The number of carbonyl (C=O) groups excluding carboxylic acids is 1. The predicted molar refractivity (Wildman–Crippen MR) is 118 cm³/mol. The number of hydrogen-bond donors (Lipinski definition) is 0. The minimum atomic E-state index is 0.00197. The van der Waals surface area contributed by atoms with Crippen LogP contribution in [-0.4, -0.2) is 43.8 Å². The molecule has 1 saturated heterocycles. The van der Waals surface area contributed by atoms with E-state index in [9.17, 15) is 4.79 Å². The van der Waals surface area contributed by atoms with Gasteiger partial charge in [-0.15, -0.1) is 0 Å². The van der Waals surface area contributed by atoms with Gasteiger partial charge in [-0.05, 0) is 31.7 Å². The van der Waals surface area contributed by atoms with Gasteiger partial charge in [0.1, 0.15) is 5.69 Å². The fourth-order valence-electron chi connectivity index (χ4n) is 4.45. The van der Waals surface area contributed by atoms with Gasteiger partial charge in [-0.1, -0.05) is 42.4 Å². The lowest BCUT2D eigenvalue weighted by Gasteiger charge is -2.31. The molecule has 1 atom stereocenters. The molecule has 0 radical (unpaired) electrons. The highest BCUT2D eigenvalue weighted by atomic mass is 16.5. The smallest absolute Gasteiger partial charge is 0.259 e. The van der Waals surface area contributed by atoms with Crippen molar-refractivity contribution >= 4 is 17.0 Å². The first-order chi connectivity index (χ1) is 15.0. The third kappa shape index (κ3) is 3.50. The van der Waals surface area contributed by atoms with Crippen LogP contribution >= 0.6 is 0 Å². The molecule has 1 aliphatic rings. The number of aromatic nitrogens is 4. The second-order valence-electron chi connectivity index (χ2n) is 8.43. The molecule has 1 amide bonds. The standard InChI is InChI=1S/C24H25N5O2/c1-15-8-7-11-29(13-15)24(30)18-12-20(19-14-28(3)26-16(19)2)25-23-21(18)22(27-31-23)17-9-5-4-6-10-17/h4-6,9-10,12,14-15H,7-8,11,13H2,1-3H3/t15-/m0/s1. The van der Waals surface area contributed by atoms with Gasteiger partial charge in [0, 0.05) is 37.5 Å². The van der Waals surface area contributed by atoms with E-state index in [2.05, 4.69) is 17.2 Å². The zero-order chi connectivity index (χ0) is 21.5. The van der Waals surface area contributed by atoms with E-state index in [-0.39, 0.29) is 5.91 Å². The Morgan fingerprint density at radius 2 is 2.03 bits per heavy atom. The van der Waals surface area contributed by atoms with E-state index in [1.807, 2.05) is 61.5 Å². The summed E-state index contributed by atoms with van der Waals surface area (Å²) in [5, 5.41) is 9.40. The van der Waals surface area contributed by atoms with Crippen molar-refractivity contribution in [3.8, 4) is 22.5 Å². The lowest BCUT2D eigenvalue weighted by Crippen LogP contribution is -2.39. The summed E-state index contributed by atoms with van der Waals surface area (Å²) in [5.74, 6) is 0.494. The SMILES string of the molecule is Cc1nn(C)cc1-c1cc(C(=O)N2CCC[C@H](C)C2)c2c(-c3ccccc3)noc2n1. The molecular formula is C24H25N5O2. The van der Waals surface area contributed by atoms with Crippen LogP contribution in [0.15, 0.2) is 47.1 Å². The van der Waals surface area contributed by atoms with Crippen LogP contribution in [0.3, 0.4) is 0 Å². The zero-order valence-electron chi connectivity index (χ0n) is 18.0. The van der Waals surface area contributed by atoms with Crippen LogP contribution in [0.1, 0.15) is 35.8 Å². The van der Waals surface area contributed by atoms with Crippen LogP contribution in [-0.2, 0) is 7.05 Å². The van der Waals surface area contributed by atoms with Gasteiger partial charge in [0.05, 0.1) is 22.3 Å². The van der Waals surface area contributed by atoms with Gasteiger partial charge >= 0.3 is 0 Å². The highest BCUT2D eigenvalue weighted by molar-refractivity contribution is 6.10. The number of nitrogens with zero attached hydrogens (tertiary/aromatic N) is 5. The maximum Gasteiger partial charge on any atom is 0.259 e. The number of benzene rings is 1. The Morgan fingerprint density at radius 3 is 2.74 bits per heavy atom. The van der Waals surface area contributed by atoms with Gasteiger partial charge in [0.15, 0.2) is 0 Å². The zero-order valence-corrected chi connectivity index (χ0v) is 18.0. The summed E-state index contributed by atoms with van der Waals surface area (Å²) < 4.78 is 7.40. The molecule has 0 N–H and O–H groups in total. The second-order valence-corrected chi connectivity index (χ2v) is 8.43.